The highest BCUT2D eigenvalue weighted by Crippen LogP contribution is 2.22. The molecule has 0 aliphatic rings. The highest BCUT2D eigenvalue weighted by Gasteiger charge is 2.27. The molecule has 2 N–H and O–H groups in total. The Morgan fingerprint density at radius 2 is 1.76 bits per heavy atom. The minimum absolute atomic E-state index is 0.0764. The van der Waals surface area contributed by atoms with Gasteiger partial charge in [0.1, 0.15) is 0 Å². The summed E-state index contributed by atoms with van der Waals surface area (Å²) in [7, 11) is -3.33. The number of hydrogen-bond donors (Lipinski definition) is 1. The Bertz CT molecular complexity index is 492. The summed E-state index contributed by atoms with van der Waals surface area (Å²) in [6.07, 6.45) is 0.222. The molecule has 0 saturated carbocycles. The maximum Gasteiger partial charge on any atom is 0.223 e. The Morgan fingerprint density at radius 1 is 1.24 bits per heavy atom. The van der Waals surface area contributed by atoms with Gasteiger partial charge in [-0.15, -0.1) is 0 Å². The summed E-state index contributed by atoms with van der Waals surface area (Å²) < 4.78 is 23.9. The lowest BCUT2D eigenvalue weighted by Crippen LogP contribution is -2.33. The van der Waals surface area contributed by atoms with Crippen molar-refractivity contribution >= 4 is 15.7 Å². The van der Waals surface area contributed by atoms with Gasteiger partial charge in [0, 0.05) is 5.41 Å². The van der Waals surface area contributed by atoms with Gasteiger partial charge in [-0.2, -0.15) is 0 Å². The van der Waals surface area contributed by atoms with E-state index >= 15 is 0 Å². The summed E-state index contributed by atoms with van der Waals surface area (Å²) in [4.78, 5) is 11.4. The Balaban J connectivity index is 2.80. The molecule has 5 heteroatoms. The molecule has 1 amide bonds. The number of nitrogens with two attached hydrogens (primary N) is 1. The first-order chi connectivity index (χ1) is 7.76. The lowest BCUT2D eigenvalue weighted by molar-refractivity contribution is -0.126. The fourth-order valence-corrected chi connectivity index (χ4v) is 2.84. The quantitative estimate of drug-likeness (QED) is 0.863. The van der Waals surface area contributed by atoms with Crippen LogP contribution in [-0.2, 0) is 14.6 Å². The predicted octanol–water partition coefficient (Wildman–Crippen LogP) is 1.36. The molecule has 0 radical (unpaired) electrons. The van der Waals surface area contributed by atoms with Crippen LogP contribution in [0, 0.1) is 5.41 Å². The van der Waals surface area contributed by atoms with Crippen molar-refractivity contribution in [1.82, 2.24) is 0 Å². The largest absolute Gasteiger partial charge is 0.369 e. The minimum atomic E-state index is -3.33. The molecule has 0 saturated heterocycles. The molecule has 0 fully saturated rings. The van der Waals surface area contributed by atoms with Crippen molar-refractivity contribution in [2.24, 2.45) is 11.1 Å². The highest BCUT2D eigenvalue weighted by molar-refractivity contribution is 7.91. The van der Waals surface area contributed by atoms with Gasteiger partial charge in [0.15, 0.2) is 9.84 Å². The van der Waals surface area contributed by atoms with E-state index in [9.17, 15) is 13.2 Å². The fraction of sp³-hybridized carbons (Fsp3) is 0.417. The van der Waals surface area contributed by atoms with Crippen LogP contribution in [0.3, 0.4) is 0 Å². The lowest BCUT2D eigenvalue weighted by Gasteiger charge is -2.19. The number of hydrogen-bond acceptors (Lipinski definition) is 3. The number of benzene rings is 1. The van der Waals surface area contributed by atoms with Crippen LogP contribution in [0.5, 0.6) is 0 Å². The topological polar surface area (TPSA) is 77.2 Å². The van der Waals surface area contributed by atoms with Gasteiger partial charge >= 0.3 is 0 Å². The van der Waals surface area contributed by atoms with Gasteiger partial charge in [-0.05, 0) is 18.6 Å². The molecule has 0 aromatic heterocycles. The van der Waals surface area contributed by atoms with Crippen LogP contribution in [-0.4, -0.2) is 20.1 Å². The zero-order valence-corrected chi connectivity index (χ0v) is 10.8. The Morgan fingerprint density at radius 3 is 2.24 bits per heavy atom. The van der Waals surface area contributed by atoms with Crippen LogP contribution < -0.4 is 5.73 Å². The monoisotopic (exact) mass is 255 g/mol. The van der Waals surface area contributed by atoms with Crippen LogP contribution in [0.2, 0.25) is 0 Å². The third-order valence-electron chi connectivity index (χ3n) is 2.77. The molecule has 0 atom stereocenters. The van der Waals surface area contributed by atoms with Crippen LogP contribution in [0.1, 0.15) is 20.3 Å². The number of amides is 1. The molecular formula is C12H17NO3S. The Kier molecular flexibility index (Phi) is 3.93. The normalized spacial score (nSPS) is 12.4. The molecule has 0 aliphatic heterocycles. The first-order valence-corrected chi connectivity index (χ1v) is 6.99. The van der Waals surface area contributed by atoms with Gasteiger partial charge in [-0.1, -0.05) is 32.0 Å². The Hall–Kier alpha value is -1.36. The van der Waals surface area contributed by atoms with E-state index in [1.807, 2.05) is 0 Å². The molecule has 94 valence electrons. The molecule has 0 bridgehead atoms. The third-order valence-corrected chi connectivity index (χ3v) is 4.50. The van der Waals surface area contributed by atoms with Crippen molar-refractivity contribution in [2.75, 3.05) is 5.75 Å². The second-order valence-corrected chi connectivity index (χ2v) is 6.74. The van der Waals surface area contributed by atoms with E-state index in [0.717, 1.165) is 0 Å². The predicted molar refractivity (Wildman–Crippen MR) is 66.1 cm³/mol. The third kappa shape index (κ3) is 3.56. The van der Waals surface area contributed by atoms with Gasteiger partial charge < -0.3 is 5.73 Å². The van der Waals surface area contributed by atoms with Crippen molar-refractivity contribution in [1.29, 1.82) is 0 Å². The van der Waals surface area contributed by atoms with Crippen LogP contribution in [0.25, 0.3) is 0 Å². The Labute approximate surface area is 102 Å². The van der Waals surface area contributed by atoms with Gasteiger partial charge in [0.2, 0.25) is 5.91 Å². The maximum atomic E-state index is 11.9. The van der Waals surface area contributed by atoms with Gasteiger partial charge in [0.25, 0.3) is 0 Å². The second-order valence-electron chi connectivity index (χ2n) is 4.63. The standard InChI is InChI=1S/C12H17NO3S/c1-12(2,11(13)14)8-9-17(15,16)10-6-4-3-5-7-10/h3-7H,8-9H2,1-2H3,(H2,13,14). The average Bonchev–Trinajstić information content (AvgIpc) is 2.28. The number of primary amides is 1. The van der Waals surface area contributed by atoms with Crippen molar-refractivity contribution in [3.63, 3.8) is 0 Å². The van der Waals surface area contributed by atoms with Crippen molar-refractivity contribution in [2.45, 2.75) is 25.2 Å². The molecule has 0 unspecified atom stereocenters. The summed E-state index contributed by atoms with van der Waals surface area (Å²) in [5.41, 5.74) is 4.40. The first kappa shape index (κ1) is 13.7. The summed E-state index contributed by atoms with van der Waals surface area (Å²) in [6, 6.07) is 8.20. The highest BCUT2D eigenvalue weighted by atomic mass is 32.2. The summed E-state index contributed by atoms with van der Waals surface area (Å²) in [6.45, 7) is 3.30. The van der Waals surface area contributed by atoms with Gasteiger partial charge in [-0.3, -0.25) is 4.79 Å². The smallest absolute Gasteiger partial charge is 0.223 e. The number of carbonyl (C=O) groups excluding carboxylic acids is 1. The van der Waals surface area contributed by atoms with Gasteiger partial charge in [0.05, 0.1) is 10.6 Å². The van der Waals surface area contributed by atoms with Crippen molar-refractivity contribution in [3.8, 4) is 0 Å². The summed E-state index contributed by atoms with van der Waals surface area (Å²) in [5.74, 6) is -0.562. The van der Waals surface area contributed by atoms with Crippen LogP contribution >= 0.6 is 0 Å². The van der Waals surface area contributed by atoms with E-state index in [2.05, 4.69) is 0 Å². The average molecular weight is 255 g/mol. The van der Waals surface area contributed by atoms with Crippen LogP contribution in [0.15, 0.2) is 35.2 Å². The van der Waals surface area contributed by atoms with E-state index in [0.29, 0.717) is 0 Å². The van der Waals surface area contributed by atoms with E-state index in [-0.39, 0.29) is 17.1 Å². The molecule has 1 aromatic carbocycles. The fourth-order valence-electron chi connectivity index (χ4n) is 1.26. The second kappa shape index (κ2) is 4.87. The van der Waals surface area contributed by atoms with E-state index in [1.165, 1.54) is 0 Å². The van der Waals surface area contributed by atoms with Crippen molar-refractivity contribution < 1.29 is 13.2 Å². The number of carbonyl (C=O) groups is 1. The molecule has 0 aliphatic carbocycles. The molecule has 0 spiro atoms. The van der Waals surface area contributed by atoms with E-state index in [4.69, 9.17) is 5.73 Å². The van der Waals surface area contributed by atoms with E-state index < -0.39 is 21.2 Å². The molecular weight excluding hydrogens is 238 g/mol. The molecule has 1 rings (SSSR count). The SMILES string of the molecule is CC(C)(CCS(=O)(=O)c1ccccc1)C(N)=O. The zero-order valence-electron chi connectivity index (χ0n) is 10.0. The summed E-state index contributed by atoms with van der Waals surface area (Å²) >= 11 is 0. The summed E-state index contributed by atoms with van der Waals surface area (Å²) in [5, 5.41) is 0. The number of sulfone groups is 1. The van der Waals surface area contributed by atoms with Crippen LogP contribution in [0.4, 0.5) is 0 Å². The first-order valence-electron chi connectivity index (χ1n) is 5.33. The van der Waals surface area contributed by atoms with Crippen molar-refractivity contribution in [3.05, 3.63) is 30.3 Å². The molecule has 17 heavy (non-hydrogen) atoms. The van der Waals surface area contributed by atoms with Gasteiger partial charge in [-0.25, -0.2) is 8.42 Å². The molecule has 0 heterocycles. The lowest BCUT2D eigenvalue weighted by atomic mass is 9.90. The van der Waals surface area contributed by atoms with E-state index in [1.54, 1.807) is 44.2 Å². The zero-order chi connectivity index (χ0) is 13.1. The molecule has 1 aromatic rings. The number of rotatable bonds is 5. The molecule has 4 nitrogen and oxygen atoms in total. The minimum Gasteiger partial charge on any atom is -0.369 e. The maximum absolute atomic E-state index is 11.9.